The van der Waals surface area contributed by atoms with Gasteiger partial charge in [-0.05, 0) is 17.5 Å². The second kappa shape index (κ2) is 8.29. The van der Waals surface area contributed by atoms with Crippen molar-refractivity contribution in [2.45, 2.75) is 26.5 Å². The van der Waals surface area contributed by atoms with Crippen LogP contribution in [0.3, 0.4) is 0 Å². The van der Waals surface area contributed by atoms with Gasteiger partial charge in [0.1, 0.15) is 6.61 Å². The standard InChI is InChI=1S/C21H23N3O/c1-2-17(13-22)14-24-15-20(19-11-7-4-8-12-19)21(23-24)25-16-18-9-5-3-6-10-18/h3-13,15,17,22H,2,14,16H2,1H3/t17-/m0/s1. The fraction of sp³-hybridized carbons (Fsp3) is 0.238. The molecule has 0 spiro atoms. The molecule has 2 aromatic carbocycles. The Hall–Kier alpha value is -2.88. The molecule has 0 bridgehead atoms. The van der Waals surface area contributed by atoms with Gasteiger partial charge in [0.05, 0.1) is 5.56 Å². The molecule has 0 aliphatic carbocycles. The Morgan fingerprint density at radius 3 is 2.40 bits per heavy atom. The van der Waals surface area contributed by atoms with E-state index < -0.39 is 0 Å². The van der Waals surface area contributed by atoms with E-state index in [4.69, 9.17) is 10.1 Å². The number of hydrogen-bond donors (Lipinski definition) is 1. The maximum absolute atomic E-state index is 7.53. The molecule has 0 fully saturated rings. The number of hydrogen-bond acceptors (Lipinski definition) is 3. The summed E-state index contributed by atoms with van der Waals surface area (Å²) < 4.78 is 7.91. The number of nitrogens with one attached hydrogen (secondary N) is 1. The molecule has 0 radical (unpaired) electrons. The molecule has 0 saturated carbocycles. The SMILES string of the molecule is CC[C@@H](C=N)Cn1cc(-c2ccccc2)c(OCc2ccccc2)n1. The first-order valence-electron chi connectivity index (χ1n) is 8.60. The van der Waals surface area contributed by atoms with Crippen LogP contribution in [0.4, 0.5) is 0 Å². The number of rotatable bonds is 8. The minimum Gasteiger partial charge on any atom is -0.471 e. The fourth-order valence-electron chi connectivity index (χ4n) is 2.69. The van der Waals surface area contributed by atoms with Gasteiger partial charge in [-0.2, -0.15) is 0 Å². The first-order chi connectivity index (χ1) is 12.3. The molecule has 0 amide bonds. The lowest BCUT2D eigenvalue weighted by Gasteiger charge is -2.08. The minimum absolute atomic E-state index is 0.186. The van der Waals surface area contributed by atoms with Crippen LogP contribution >= 0.6 is 0 Å². The molecule has 0 unspecified atom stereocenters. The first kappa shape index (κ1) is 17.0. The lowest BCUT2D eigenvalue weighted by Crippen LogP contribution is -2.11. The van der Waals surface area contributed by atoms with Gasteiger partial charge in [-0.1, -0.05) is 67.6 Å². The molecule has 0 saturated heterocycles. The van der Waals surface area contributed by atoms with E-state index in [1.165, 1.54) is 6.21 Å². The van der Waals surface area contributed by atoms with Gasteiger partial charge in [0, 0.05) is 24.9 Å². The summed E-state index contributed by atoms with van der Waals surface area (Å²) in [4.78, 5) is 0. The summed E-state index contributed by atoms with van der Waals surface area (Å²) in [5, 5.41) is 12.2. The van der Waals surface area contributed by atoms with Crippen molar-refractivity contribution in [1.82, 2.24) is 9.78 Å². The van der Waals surface area contributed by atoms with E-state index in [1.807, 2.05) is 59.4 Å². The second-order valence-corrected chi connectivity index (χ2v) is 6.05. The highest BCUT2D eigenvalue weighted by atomic mass is 16.5. The zero-order valence-electron chi connectivity index (χ0n) is 14.4. The average Bonchev–Trinajstić information content (AvgIpc) is 3.08. The van der Waals surface area contributed by atoms with Crippen molar-refractivity contribution in [1.29, 1.82) is 5.41 Å². The summed E-state index contributed by atoms with van der Waals surface area (Å²) in [5.41, 5.74) is 3.18. The van der Waals surface area contributed by atoms with Crippen molar-refractivity contribution in [3.8, 4) is 17.0 Å². The van der Waals surface area contributed by atoms with E-state index in [-0.39, 0.29) is 5.92 Å². The molecule has 1 heterocycles. The zero-order chi connectivity index (χ0) is 17.5. The van der Waals surface area contributed by atoms with Crippen LogP contribution in [0.15, 0.2) is 66.9 Å². The Morgan fingerprint density at radius 1 is 1.08 bits per heavy atom. The van der Waals surface area contributed by atoms with Gasteiger partial charge in [-0.15, -0.1) is 5.10 Å². The van der Waals surface area contributed by atoms with Crippen LogP contribution in [0, 0.1) is 11.3 Å². The lowest BCUT2D eigenvalue weighted by atomic mass is 10.1. The van der Waals surface area contributed by atoms with Crippen LogP contribution in [0.1, 0.15) is 18.9 Å². The molecule has 3 rings (SSSR count). The Balaban J connectivity index is 1.86. The number of nitrogens with zero attached hydrogens (tertiary/aromatic N) is 2. The summed E-state index contributed by atoms with van der Waals surface area (Å²) in [6.45, 7) is 3.26. The number of ether oxygens (including phenoxy) is 1. The average molecular weight is 333 g/mol. The largest absolute Gasteiger partial charge is 0.471 e. The van der Waals surface area contributed by atoms with Crippen LogP contribution in [-0.2, 0) is 13.2 Å². The van der Waals surface area contributed by atoms with Crippen LogP contribution in [0.5, 0.6) is 5.88 Å². The van der Waals surface area contributed by atoms with E-state index in [1.54, 1.807) is 0 Å². The van der Waals surface area contributed by atoms with E-state index in [2.05, 4.69) is 24.2 Å². The predicted octanol–water partition coefficient (Wildman–Crippen LogP) is 4.80. The number of aromatic nitrogens is 2. The quantitative estimate of drug-likeness (QED) is 0.602. The highest BCUT2D eigenvalue weighted by molar-refractivity contribution is 5.68. The fourth-order valence-corrected chi connectivity index (χ4v) is 2.69. The third-order valence-electron chi connectivity index (χ3n) is 4.21. The van der Waals surface area contributed by atoms with Crippen molar-refractivity contribution in [2.24, 2.45) is 5.92 Å². The lowest BCUT2D eigenvalue weighted by molar-refractivity contribution is 0.289. The summed E-state index contributed by atoms with van der Waals surface area (Å²) in [6, 6.07) is 20.2. The molecule has 1 N–H and O–H groups in total. The molecule has 0 aliphatic rings. The molecule has 3 aromatic rings. The molecule has 0 aliphatic heterocycles. The van der Waals surface area contributed by atoms with Crippen molar-refractivity contribution in [2.75, 3.05) is 0 Å². The summed E-state index contributed by atoms with van der Waals surface area (Å²) in [5.74, 6) is 0.820. The van der Waals surface area contributed by atoms with Gasteiger partial charge in [0.15, 0.2) is 0 Å². The summed E-state index contributed by atoms with van der Waals surface area (Å²) >= 11 is 0. The highest BCUT2D eigenvalue weighted by Crippen LogP contribution is 2.29. The smallest absolute Gasteiger partial charge is 0.241 e. The third-order valence-corrected chi connectivity index (χ3v) is 4.21. The van der Waals surface area contributed by atoms with E-state index in [0.29, 0.717) is 19.0 Å². The van der Waals surface area contributed by atoms with Crippen LogP contribution < -0.4 is 4.74 Å². The van der Waals surface area contributed by atoms with Gasteiger partial charge in [-0.3, -0.25) is 4.68 Å². The van der Waals surface area contributed by atoms with Crippen LogP contribution in [-0.4, -0.2) is 16.0 Å². The molecule has 4 heteroatoms. The van der Waals surface area contributed by atoms with Gasteiger partial charge < -0.3 is 10.1 Å². The van der Waals surface area contributed by atoms with Gasteiger partial charge in [0.25, 0.3) is 0 Å². The van der Waals surface area contributed by atoms with Crippen molar-refractivity contribution in [3.05, 3.63) is 72.4 Å². The summed E-state index contributed by atoms with van der Waals surface area (Å²) in [7, 11) is 0. The van der Waals surface area contributed by atoms with Gasteiger partial charge in [0.2, 0.25) is 5.88 Å². The first-order valence-corrected chi connectivity index (χ1v) is 8.60. The van der Waals surface area contributed by atoms with Crippen molar-refractivity contribution >= 4 is 6.21 Å². The van der Waals surface area contributed by atoms with E-state index >= 15 is 0 Å². The van der Waals surface area contributed by atoms with Crippen LogP contribution in [0.25, 0.3) is 11.1 Å². The predicted molar refractivity (Wildman–Crippen MR) is 101 cm³/mol. The molecule has 128 valence electrons. The van der Waals surface area contributed by atoms with Crippen molar-refractivity contribution in [3.63, 3.8) is 0 Å². The van der Waals surface area contributed by atoms with Gasteiger partial charge >= 0.3 is 0 Å². The molecular weight excluding hydrogens is 310 g/mol. The molecule has 25 heavy (non-hydrogen) atoms. The third kappa shape index (κ3) is 4.35. The molecule has 4 nitrogen and oxygen atoms in total. The Bertz CT molecular complexity index is 797. The topological polar surface area (TPSA) is 50.9 Å². The van der Waals surface area contributed by atoms with E-state index in [9.17, 15) is 0 Å². The second-order valence-electron chi connectivity index (χ2n) is 6.05. The number of benzene rings is 2. The molecule has 1 atom stereocenters. The van der Waals surface area contributed by atoms with Crippen molar-refractivity contribution < 1.29 is 4.74 Å². The van der Waals surface area contributed by atoms with Gasteiger partial charge in [-0.25, -0.2) is 0 Å². The maximum Gasteiger partial charge on any atom is 0.241 e. The Labute approximate surface area is 148 Å². The minimum atomic E-state index is 0.186. The summed E-state index contributed by atoms with van der Waals surface area (Å²) in [6.07, 6.45) is 4.43. The zero-order valence-corrected chi connectivity index (χ0v) is 14.4. The molecule has 1 aromatic heterocycles. The normalized spacial score (nSPS) is 11.9. The maximum atomic E-state index is 7.53. The van der Waals surface area contributed by atoms with E-state index in [0.717, 1.165) is 23.1 Å². The monoisotopic (exact) mass is 333 g/mol. The molecular formula is C21H23N3O. The van der Waals surface area contributed by atoms with Crippen LogP contribution in [0.2, 0.25) is 0 Å². The Kier molecular flexibility index (Phi) is 5.62. The highest BCUT2D eigenvalue weighted by Gasteiger charge is 2.14. The Morgan fingerprint density at radius 2 is 1.76 bits per heavy atom.